The summed E-state index contributed by atoms with van der Waals surface area (Å²) in [5, 5.41) is 0.576. The minimum atomic E-state index is 0.576. The predicted molar refractivity (Wildman–Crippen MR) is 41.4 cm³/mol. The molecule has 1 heterocycles. The van der Waals surface area contributed by atoms with Crippen LogP contribution in [0.4, 0.5) is 0 Å². The molecule has 0 aromatic carbocycles. The fraction of sp³-hybridized carbons (Fsp3) is 0.250. The van der Waals surface area contributed by atoms with Gasteiger partial charge in [-0.3, -0.25) is 0 Å². The van der Waals surface area contributed by atoms with Gasteiger partial charge in [-0.25, -0.2) is 0 Å². The van der Waals surface area contributed by atoms with Gasteiger partial charge in [-0.1, -0.05) is 22.9 Å². The minimum absolute atomic E-state index is 0.576. The normalized spacial score (nSPS) is 9.67. The average molecular weight is 228 g/mol. The van der Waals surface area contributed by atoms with E-state index in [0.29, 0.717) is 14.1 Å². The van der Waals surface area contributed by atoms with Crippen molar-refractivity contribution in [1.29, 1.82) is 0 Å². The zero-order valence-corrected chi connectivity index (χ0v) is 7.68. The van der Waals surface area contributed by atoms with Crippen LogP contribution >= 0.6 is 38.9 Å². The van der Waals surface area contributed by atoms with Crippen molar-refractivity contribution in [3.05, 3.63) is 8.94 Å². The third-order valence-corrected chi connectivity index (χ3v) is 2.98. The third-order valence-electron chi connectivity index (χ3n) is 0.703. The van der Waals surface area contributed by atoms with E-state index in [1.165, 1.54) is 11.3 Å². The Morgan fingerprint density at radius 3 is 2.67 bits per heavy atom. The third kappa shape index (κ3) is 1.56. The maximum Gasteiger partial charge on any atom is 0.275 e. The highest BCUT2D eigenvalue weighted by Crippen LogP contribution is 2.32. The summed E-state index contributed by atoms with van der Waals surface area (Å²) in [6.07, 6.45) is 0. The predicted octanol–water partition coefficient (Wildman–Crippen LogP) is 2.57. The van der Waals surface area contributed by atoms with E-state index < -0.39 is 0 Å². The van der Waals surface area contributed by atoms with E-state index in [1.807, 2.05) is 0 Å². The first-order valence-electron chi connectivity index (χ1n) is 2.10. The van der Waals surface area contributed by atoms with Crippen molar-refractivity contribution in [3.8, 4) is 5.19 Å². The Bertz CT molecular complexity index is 195. The van der Waals surface area contributed by atoms with Gasteiger partial charge in [0.2, 0.25) is 0 Å². The van der Waals surface area contributed by atoms with Gasteiger partial charge in [0.05, 0.1) is 7.11 Å². The first-order chi connectivity index (χ1) is 4.24. The summed E-state index contributed by atoms with van der Waals surface area (Å²) in [4.78, 5) is 3.91. The zero-order chi connectivity index (χ0) is 6.85. The smallest absolute Gasteiger partial charge is 0.275 e. The lowest BCUT2D eigenvalue weighted by atomic mass is 11.0. The van der Waals surface area contributed by atoms with Gasteiger partial charge in [0, 0.05) is 0 Å². The Hall–Kier alpha value is 0.200. The van der Waals surface area contributed by atoms with Gasteiger partial charge < -0.3 is 4.74 Å². The van der Waals surface area contributed by atoms with Crippen LogP contribution in [0.3, 0.4) is 0 Å². The maximum atomic E-state index is 5.64. The summed E-state index contributed by atoms with van der Waals surface area (Å²) in [6, 6.07) is 0. The highest BCUT2D eigenvalue weighted by Gasteiger charge is 2.04. The van der Waals surface area contributed by atoms with Crippen LogP contribution in [-0.2, 0) is 0 Å². The van der Waals surface area contributed by atoms with Crippen LogP contribution in [0.5, 0.6) is 5.19 Å². The molecule has 0 saturated heterocycles. The SMILES string of the molecule is COc1nc(Br)c(Cl)s1. The lowest BCUT2D eigenvalue weighted by Gasteiger charge is -1.84. The number of nitrogens with zero attached hydrogens (tertiary/aromatic N) is 1. The topological polar surface area (TPSA) is 22.1 Å². The number of hydrogen-bond donors (Lipinski definition) is 0. The molecule has 0 unspecified atom stereocenters. The summed E-state index contributed by atoms with van der Waals surface area (Å²) in [6.45, 7) is 0. The van der Waals surface area contributed by atoms with Gasteiger partial charge in [0.1, 0.15) is 8.94 Å². The molecule has 0 N–H and O–H groups in total. The van der Waals surface area contributed by atoms with Crippen molar-refractivity contribution < 1.29 is 4.74 Å². The van der Waals surface area contributed by atoms with Gasteiger partial charge in [-0.15, -0.1) is 0 Å². The van der Waals surface area contributed by atoms with Crippen LogP contribution in [-0.4, -0.2) is 12.1 Å². The second kappa shape index (κ2) is 2.86. The van der Waals surface area contributed by atoms with Crippen molar-refractivity contribution in [3.63, 3.8) is 0 Å². The Morgan fingerprint density at radius 1 is 1.78 bits per heavy atom. The van der Waals surface area contributed by atoms with Crippen LogP contribution in [0.1, 0.15) is 0 Å². The summed E-state index contributed by atoms with van der Waals surface area (Å²) in [5.41, 5.74) is 0. The number of rotatable bonds is 1. The molecule has 5 heteroatoms. The Kier molecular flexibility index (Phi) is 2.32. The van der Waals surface area contributed by atoms with E-state index in [4.69, 9.17) is 16.3 Å². The van der Waals surface area contributed by atoms with Crippen LogP contribution in [0.2, 0.25) is 4.34 Å². The lowest BCUT2D eigenvalue weighted by Crippen LogP contribution is -1.77. The van der Waals surface area contributed by atoms with Crippen molar-refractivity contribution in [2.75, 3.05) is 7.11 Å². The Labute approximate surface area is 69.9 Å². The first-order valence-corrected chi connectivity index (χ1v) is 4.08. The Balaban J connectivity index is 2.98. The molecule has 50 valence electrons. The number of methoxy groups -OCH3 is 1. The van der Waals surface area contributed by atoms with Crippen molar-refractivity contribution in [2.24, 2.45) is 0 Å². The molecule has 0 bridgehead atoms. The summed E-state index contributed by atoms with van der Waals surface area (Å²) in [7, 11) is 1.56. The van der Waals surface area contributed by atoms with Gasteiger partial charge >= 0.3 is 0 Å². The molecular formula is C4H3BrClNOS. The highest BCUT2D eigenvalue weighted by atomic mass is 79.9. The standard InChI is InChI=1S/C4H3BrClNOS/c1-8-4-7-2(5)3(6)9-4/h1H3. The molecule has 0 spiro atoms. The van der Waals surface area contributed by atoms with Crippen molar-refractivity contribution in [1.82, 2.24) is 4.98 Å². The molecular weight excluding hydrogens is 225 g/mol. The second-order valence-corrected chi connectivity index (χ2v) is 3.56. The number of aromatic nitrogens is 1. The van der Waals surface area contributed by atoms with Crippen molar-refractivity contribution >= 4 is 38.9 Å². The van der Waals surface area contributed by atoms with E-state index in [9.17, 15) is 0 Å². The molecule has 1 aromatic heterocycles. The summed E-state index contributed by atoms with van der Waals surface area (Å²) < 4.78 is 6.07. The molecule has 0 atom stereocenters. The zero-order valence-electron chi connectivity index (χ0n) is 4.52. The van der Waals surface area contributed by atoms with Gasteiger partial charge in [-0.05, 0) is 15.9 Å². The average Bonchev–Trinajstić information content (AvgIpc) is 2.13. The number of thiazole rings is 1. The molecule has 1 rings (SSSR count). The minimum Gasteiger partial charge on any atom is -0.473 e. The van der Waals surface area contributed by atoms with E-state index in [2.05, 4.69) is 20.9 Å². The molecule has 0 saturated carbocycles. The van der Waals surface area contributed by atoms with E-state index >= 15 is 0 Å². The number of ether oxygens (including phenoxy) is 1. The van der Waals surface area contributed by atoms with Crippen molar-refractivity contribution in [2.45, 2.75) is 0 Å². The monoisotopic (exact) mass is 227 g/mol. The molecule has 0 aliphatic heterocycles. The van der Waals surface area contributed by atoms with Gasteiger partial charge in [-0.2, -0.15) is 4.98 Å². The second-order valence-electron chi connectivity index (χ2n) is 1.25. The molecule has 2 nitrogen and oxygen atoms in total. The van der Waals surface area contributed by atoms with Crippen LogP contribution in [0.15, 0.2) is 4.60 Å². The number of halogens is 2. The molecule has 9 heavy (non-hydrogen) atoms. The highest BCUT2D eigenvalue weighted by molar-refractivity contribution is 9.10. The molecule has 0 amide bonds. The van der Waals surface area contributed by atoms with E-state index in [1.54, 1.807) is 7.11 Å². The maximum absolute atomic E-state index is 5.64. The van der Waals surface area contributed by atoms with Crippen LogP contribution in [0, 0.1) is 0 Å². The summed E-state index contributed by atoms with van der Waals surface area (Å²) >= 11 is 10.1. The van der Waals surface area contributed by atoms with Gasteiger partial charge in [0.25, 0.3) is 5.19 Å². The molecule has 0 fully saturated rings. The molecule has 0 aliphatic carbocycles. The number of hydrogen-bond acceptors (Lipinski definition) is 3. The molecule has 1 aromatic rings. The fourth-order valence-electron chi connectivity index (χ4n) is 0.353. The fourth-order valence-corrected chi connectivity index (χ4v) is 1.62. The van der Waals surface area contributed by atoms with Crippen LogP contribution in [0.25, 0.3) is 0 Å². The van der Waals surface area contributed by atoms with Crippen LogP contribution < -0.4 is 4.74 Å². The largest absolute Gasteiger partial charge is 0.473 e. The molecule has 0 radical (unpaired) electrons. The van der Waals surface area contributed by atoms with E-state index in [-0.39, 0.29) is 0 Å². The quantitative estimate of drug-likeness (QED) is 0.737. The first kappa shape index (κ1) is 7.31. The van der Waals surface area contributed by atoms with E-state index in [0.717, 1.165) is 0 Å². The van der Waals surface area contributed by atoms with Gasteiger partial charge in [0.15, 0.2) is 0 Å². The molecule has 0 aliphatic rings. The summed E-state index contributed by atoms with van der Waals surface area (Å²) in [5.74, 6) is 0. The Morgan fingerprint density at radius 2 is 2.44 bits per heavy atom. The lowest BCUT2D eigenvalue weighted by molar-refractivity contribution is 0.411.